The zero-order valence-corrected chi connectivity index (χ0v) is 31.6. The van der Waals surface area contributed by atoms with Crippen molar-refractivity contribution in [2.45, 2.75) is 19.3 Å². The maximum Gasteiger partial charge on any atom is 0.213 e. The second kappa shape index (κ2) is 11.8. The summed E-state index contributed by atoms with van der Waals surface area (Å²) in [6.45, 7) is 4.68. The molecule has 11 aromatic rings. The number of hydrogen-bond donors (Lipinski definition) is 0. The number of anilines is 3. The van der Waals surface area contributed by atoms with Crippen LogP contribution in [0.1, 0.15) is 25.0 Å². The van der Waals surface area contributed by atoms with E-state index in [1.165, 1.54) is 49.7 Å². The Morgan fingerprint density at radius 3 is 1.77 bits per heavy atom. The summed E-state index contributed by atoms with van der Waals surface area (Å²) in [7, 11) is 0. The highest BCUT2D eigenvalue weighted by atomic mass is 16.3. The Labute approximate surface area is 330 Å². The molecule has 0 spiro atoms. The summed E-state index contributed by atoms with van der Waals surface area (Å²) in [5.74, 6) is 0. The van der Waals surface area contributed by atoms with E-state index in [-0.39, 0.29) is 5.41 Å². The number of furan rings is 1. The van der Waals surface area contributed by atoms with Crippen molar-refractivity contribution in [3.05, 3.63) is 199 Å². The number of benzene rings is 8. The summed E-state index contributed by atoms with van der Waals surface area (Å²) < 4.78 is 11.2. The standard InChI is InChI=1S/C53H37N3O/c1-53(2)43-18-8-11-21-47(43)55(48-22-12-9-19-44(48)53)38-29-31-46-42(33-38)39-16-6-10-20-45(39)54(46)37-27-24-34(25-28-37)35-26-30-40-49(32-35)56(36-14-4-3-5-15-36)52-51(40)41-17-7-13-23-50(41)57-52/h3-33H,1-2H3. The van der Waals surface area contributed by atoms with Gasteiger partial charge in [-0.2, -0.15) is 0 Å². The first-order chi connectivity index (χ1) is 28.0. The molecule has 1 aliphatic rings. The van der Waals surface area contributed by atoms with Crippen LogP contribution in [0.3, 0.4) is 0 Å². The molecule has 4 nitrogen and oxygen atoms in total. The van der Waals surface area contributed by atoms with Crippen LogP contribution in [0.4, 0.5) is 17.1 Å². The Bertz CT molecular complexity index is 3330. The molecule has 0 N–H and O–H groups in total. The quantitative estimate of drug-likeness (QED) is 0.180. The molecule has 57 heavy (non-hydrogen) atoms. The minimum atomic E-state index is -0.103. The van der Waals surface area contributed by atoms with Crippen molar-refractivity contribution in [1.29, 1.82) is 0 Å². The molecule has 0 aliphatic carbocycles. The summed E-state index contributed by atoms with van der Waals surface area (Å²) in [5.41, 5.74) is 16.0. The summed E-state index contributed by atoms with van der Waals surface area (Å²) in [6.07, 6.45) is 0. The largest absolute Gasteiger partial charge is 0.439 e. The number of para-hydroxylation sites is 5. The molecule has 0 saturated carbocycles. The van der Waals surface area contributed by atoms with Crippen LogP contribution >= 0.6 is 0 Å². The third kappa shape index (κ3) is 4.55. The maximum absolute atomic E-state index is 6.53. The molecule has 0 radical (unpaired) electrons. The number of fused-ring (bicyclic) bond motifs is 10. The zero-order chi connectivity index (χ0) is 37.8. The second-order valence-corrected chi connectivity index (χ2v) is 15.8. The summed E-state index contributed by atoms with van der Waals surface area (Å²) >= 11 is 0. The lowest BCUT2D eigenvalue weighted by atomic mass is 9.73. The molecule has 0 saturated heterocycles. The van der Waals surface area contributed by atoms with Crippen LogP contribution in [0.2, 0.25) is 0 Å². The van der Waals surface area contributed by atoms with Gasteiger partial charge in [0.15, 0.2) is 0 Å². The topological polar surface area (TPSA) is 26.2 Å². The van der Waals surface area contributed by atoms with Crippen LogP contribution in [-0.2, 0) is 5.41 Å². The zero-order valence-electron chi connectivity index (χ0n) is 31.6. The summed E-state index contributed by atoms with van der Waals surface area (Å²) in [5, 5.41) is 5.94. The fourth-order valence-corrected chi connectivity index (χ4v) is 9.63. The number of rotatable bonds is 4. The SMILES string of the molecule is CC1(C)c2ccccc2N(c2ccc3c(c2)c2ccccc2n3-c2ccc(-c3ccc4c5c6ccccc6oc5n(-c5ccccc5)c4c3)cc2)c2ccccc21. The minimum absolute atomic E-state index is 0.103. The molecular formula is C53H37N3O. The Hall–Kier alpha value is -7.30. The van der Waals surface area contributed by atoms with Gasteiger partial charge in [0.25, 0.3) is 0 Å². The van der Waals surface area contributed by atoms with Crippen LogP contribution in [0, 0.1) is 0 Å². The van der Waals surface area contributed by atoms with E-state index in [1.807, 2.05) is 6.07 Å². The number of aromatic nitrogens is 2. The van der Waals surface area contributed by atoms with Crippen molar-refractivity contribution >= 4 is 71.8 Å². The Morgan fingerprint density at radius 2 is 1.00 bits per heavy atom. The predicted octanol–water partition coefficient (Wildman–Crippen LogP) is 14.4. The number of hydrogen-bond acceptors (Lipinski definition) is 2. The van der Waals surface area contributed by atoms with Crippen molar-refractivity contribution in [2.75, 3.05) is 4.90 Å². The molecule has 270 valence electrons. The van der Waals surface area contributed by atoms with Crippen molar-refractivity contribution < 1.29 is 4.42 Å². The summed E-state index contributed by atoms with van der Waals surface area (Å²) in [6, 6.07) is 68.2. The van der Waals surface area contributed by atoms with Crippen molar-refractivity contribution in [3.8, 4) is 22.5 Å². The van der Waals surface area contributed by atoms with Gasteiger partial charge in [-0.15, -0.1) is 0 Å². The average molecular weight is 732 g/mol. The maximum atomic E-state index is 6.53. The van der Waals surface area contributed by atoms with E-state index in [2.05, 4.69) is 210 Å². The van der Waals surface area contributed by atoms with Gasteiger partial charge in [-0.1, -0.05) is 129 Å². The Kier molecular flexibility index (Phi) is 6.65. The molecular weight excluding hydrogens is 695 g/mol. The van der Waals surface area contributed by atoms with Gasteiger partial charge in [0.2, 0.25) is 5.71 Å². The molecule has 4 heteroatoms. The molecule has 0 unspecified atom stereocenters. The normalized spacial score (nSPS) is 13.5. The van der Waals surface area contributed by atoms with Gasteiger partial charge < -0.3 is 13.9 Å². The average Bonchev–Trinajstić information content (AvgIpc) is 3.91. The highest BCUT2D eigenvalue weighted by molar-refractivity contribution is 6.20. The van der Waals surface area contributed by atoms with E-state index in [1.54, 1.807) is 0 Å². The molecule has 0 atom stereocenters. The van der Waals surface area contributed by atoms with Crippen molar-refractivity contribution in [2.24, 2.45) is 0 Å². The molecule has 0 bridgehead atoms. The lowest BCUT2D eigenvalue weighted by Gasteiger charge is -2.42. The molecule has 4 heterocycles. The fourth-order valence-electron chi connectivity index (χ4n) is 9.63. The second-order valence-electron chi connectivity index (χ2n) is 15.8. The van der Waals surface area contributed by atoms with Gasteiger partial charge in [-0.25, -0.2) is 0 Å². The van der Waals surface area contributed by atoms with E-state index in [4.69, 9.17) is 4.42 Å². The molecule has 1 aliphatic heterocycles. The molecule has 3 aromatic heterocycles. The van der Waals surface area contributed by atoms with Gasteiger partial charge in [-0.3, -0.25) is 4.57 Å². The summed E-state index contributed by atoms with van der Waals surface area (Å²) in [4.78, 5) is 2.45. The van der Waals surface area contributed by atoms with Crippen LogP contribution in [0.15, 0.2) is 192 Å². The van der Waals surface area contributed by atoms with E-state index in [9.17, 15) is 0 Å². The van der Waals surface area contributed by atoms with Gasteiger partial charge in [-0.05, 0) is 95.1 Å². The van der Waals surface area contributed by atoms with Gasteiger partial charge in [0.1, 0.15) is 5.58 Å². The highest BCUT2D eigenvalue weighted by Gasteiger charge is 2.36. The van der Waals surface area contributed by atoms with E-state index in [0.717, 1.165) is 55.8 Å². The van der Waals surface area contributed by atoms with Gasteiger partial charge in [0.05, 0.1) is 33.3 Å². The monoisotopic (exact) mass is 731 g/mol. The van der Waals surface area contributed by atoms with E-state index < -0.39 is 0 Å². The first-order valence-corrected chi connectivity index (χ1v) is 19.7. The van der Waals surface area contributed by atoms with E-state index in [0.29, 0.717) is 0 Å². The molecule has 8 aromatic carbocycles. The third-order valence-electron chi connectivity index (χ3n) is 12.3. The molecule has 0 fully saturated rings. The third-order valence-corrected chi connectivity index (χ3v) is 12.3. The van der Waals surface area contributed by atoms with Crippen molar-refractivity contribution in [1.82, 2.24) is 9.13 Å². The predicted molar refractivity (Wildman–Crippen MR) is 237 cm³/mol. The lowest BCUT2D eigenvalue weighted by Crippen LogP contribution is -2.30. The first-order valence-electron chi connectivity index (χ1n) is 19.7. The fraction of sp³-hybridized carbons (Fsp3) is 0.0566. The Balaban J connectivity index is 0.982. The van der Waals surface area contributed by atoms with Gasteiger partial charge in [0, 0.05) is 44.0 Å². The number of nitrogens with zero attached hydrogens (tertiary/aromatic N) is 3. The van der Waals surface area contributed by atoms with E-state index >= 15 is 0 Å². The lowest BCUT2D eigenvalue weighted by molar-refractivity contribution is 0.632. The van der Waals surface area contributed by atoms with Crippen LogP contribution in [-0.4, -0.2) is 9.13 Å². The molecule has 12 rings (SSSR count). The smallest absolute Gasteiger partial charge is 0.213 e. The molecule has 0 amide bonds. The minimum Gasteiger partial charge on any atom is -0.439 e. The highest BCUT2D eigenvalue weighted by Crippen LogP contribution is 2.52. The Morgan fingerprint density at radius 1 is 0.404 bits per heavy atom. The van der Waals surface area contributed by atoms with Crippen LogP contribution in [0.25, 0.3) is 77.3 Å². The van der Waals surface area contributed by atoms with Crippen molar-refractivity contribution in [3.63, 3.8) is 0 Å². The van der Waals surface area contributed by atoms with Crippen LogP contribution < -0.4 is 4.90 Å². The van der Waals surface area contributed by atoms with Crippen LogP contribution in [0.5, 0.6) is 0 Å². The van der Waals surface area contributed by atoms with Gasteiger partial charge >= 0.3 is 0 Å². The first kappa shape index (κ1) is 32.0.